The van der Waals surface area contributed by atoms with Crippen molar-refractivity contribution < 1.29 is 0 Å². The number of hydrogen-bond acceptors (Lipinski definition) is 3. The van der Waals surface area contributed by atoms with Gasteiger partial charge in [-0.2, -0.15) is 0 Å². The number of rotatable bonds is 1. The van der Waals surface area contributed by atoms with E-state index in [0.29, 0.717) is 9.65 Å². The van der Waals surface area contributed by atoms with Crippen LogP contribution in [-0.4, -0.2) is 25.4 Å². The number of allylic oxidation sites excluding steroid dienone is 1. The third kappa shape index (κ3) is 2.81. The summed E-state index contributed by atoms with van der Waals surface area (Å²) in [5.41, 5.74) is 13.5. The van der Waals surface area contributed by atoms with Gasteiger partial charge in [0.25, 0.3) is 0 Å². The van der Waals surface area contributed by atoms with Crippen LogP contribution in [0.3, 0.4) is 0 Å². The Labute approximate surface area is 122 Å². The summed E-state index contributed by atoms with van der Waals surface area (Å²) in [5.74, 6) is 0. The Bertz CT molecular complexity index is 283. The standard InChI is InChI=1S/C9H16Br2IN3/c1-9(15(2)12)4-7(14)6(13)3-5(10)8(9)11/h5,8H,3-4,13-14H2,1-2H3/t5-,8?,9?/m1/s1. The maximum absolute atomic E-state index is 6.00. The molecule has 88 valence electrons. The largest absolute Gasteiger partial charge is 0.401 e. The minimum Gasteiger partial charge on any atom is -0.401 e. The van der Waals surface area contributed by atoms with E-state index >= 15 is 0 Å². The minimum absolute atomic E-state index is 0.0278. The molecule has 4 N–H and O–H groups in total. The van der Waals surface area contributed by atoms with Crippen LogP contribution in [0.1, 0.15) is 19.8 Å². The van der Waals surface area contributed by atoms with Crippen LogP contribution < -0.4 is 11.5 Å². The Balaban J connectivity index is 3.07. The Hall–Kier alpha value is 0.990. The van der Waals surface area contributed by atoms with E-state index in [2.05, 4.69) is 71.8 Å². The summed E-state index contributed by atoms with van der Waals surface area (Å²) < 4.78 is 2.17. The fourth-order valence-corrected chi connectivity index (χ4v) is 4.14. The van der Waals surface area contributed by atoms with Crippen LogP contribution in [0.25, 0.3) is 0 Å². The molecule has 0 aromatic rings. The maximum atomic E-state index is 6.00. The molecule has 0 spiro atoms. The molecule has 0 heterocycles. The van der Waals surface area contributed by atoms with Crippen molar-refractivity contribution in [1.29, 1.82) is 0 Å². The van der Waals surface area contributed by atoms with Gasteiger partial charge >= 0.3 is 0 Å². The van der Waals surface area contributed by atoms with E-state index in [4.69, 9.17) is 11.5 Å². The third-order valence-corrected chi connectivity index (χ3v) is 7.28. The average Bonchev–Trinajstić information content (AvgIpc) is 2.20. The fraction of sp³-hybridized carbons (Fsp3) is 0.778. The molecular formula is C9H16Br2IN3. The van der Waals surface area contributed by atoms with E-state index in [9.17, 15) is 0 Å². The zero-order valence-corrected chi connectivity index (χ0v) is 14.1. The van der Waals surface area contributed by atoms with Crippen molar-refractivity contribution in [2.45, 2.75) is 35.0 Å². The number of alkyl halides is 2. The van der Waals surface area contributed by atoms with Gasteiger partial charge in [0.15, 0.2) is 0 Å². The lowest BCUT2D eigenvalue weighted by Gasteiger charge is -2.39. The molecule has 1 aliphatic carbocycles. The summed E-state index contributed by atoms with van der Waals surface area (Å²) in [6.45, 7) is 2.19. The van der Waals surface area contributed by atoms with Gasteiger partial charge in [0.1, 0.15) is 0 Å². The summed E-state index contributed by atoms with van der Waals surface area (Å²) in [6, 6.07) is 0. The SMILES string of the molecule is CN(I)C1(C)CC(N)=C(N)C[C@@H](Br)C1Br. The van der Waals surface area contributed by atoms with Crippen LogP contribution >= 0.6 is 54.7 Å². The van der Waals surface area contributed by atoms with Gasteiger partial charge in [-0.25, -0.2) is 3.11 Å². The molecule has 0 saturated carbocycles. The molecule has 3 nitrogen and oxygen atoms in total. The molecule has 2 unspecified atom stereocenters. The van der Waals surface area contributed by atoms with Gasteiger partial charge in [0.05, 0.1) is 0 Å². The van der Waals surface area contributed by atoms with E-state index in [1.165, 1.54) is 0 Å². The molecule has 0 aliphatic heterocycles. The Kier molecular flexibility index (Phi) is 4.78. The number of halogens is 3. The molecule has 0 aromatic heterocycles. The Morgan fingerprint density at radius 2 is 1.93 bits per heavy atom. The average molecular weight is 453 g/mol. The molecule has 0 radical (unpaired) electrons. The number of hydrogen-bond donors (Lipinski definition) is 2. The van der Waals surface area contributed by atoms with Gasteiger partial charge in [-0.1, -0.05) is 31.9 Å². The Morgan fingerprint density at radius 1 is 1.40 bits per heavy atom. The second-order valence-electron chi connectivity index (χ2n) is 4.18. The predicted molar refractivity (Wildman–Crippen MR) is 80.3 cm³/mol. The highest BCUT2D eigenvalue weighted by Crippen LogP contribution is 2.40. The van der Waals surface area contributed by atoms with E-state index in [1.54, 1.807) is 0 Å². The van der Waals surface area contributed by atoms with E-state index in [0.717, 1.165) is 24.2 Å². The number of nitrogens with zero attached hydrogens (tertiary/aromatic N) is 1. The van der Waals surface area contributed by atoms with Crippen molar-refractivity contribution in [1.82, 2.24) is 3.11 Å². The van der Waals surface area contributed by atoms with Crippen molar-refractivity contribution in [2.75, 3.05) is 7.05 Å². The van der Waals surface area contributed by atoms with Gasteiger partial charge in [0.2, 0.25) is 0 Å². The molecule has 15 heavy (non-hydrogen) atoms. The highest BCUT2D eigenvalue weighted by Gasteiger charge is 2.42. The van der Waals surface area contributed by atoms with Crippen LogP contribution in [0.4, 0.5) is 0 Å². The van der Waals surface area contributed by atoms with Gasteiger partial charge in [0, 0.05) is 62.3 Å². The van der Waals surface area contributed by atoms with Crippen LogP contribution in [0.5, 0.6) is 0 Å². The second kappa shape index (κ2) is 5.10. The molecule has 1 rings (SSSR count). The molecule has 3 atom stereocenters. The van der Waals surface area contributed by atoms with E-state index in [-0.39, 0.29) is 5.54 Å². The minimum atomic E-state index is -0.0278. The monoisotopic (exact) mass is 451 g/mol. The first kappa shape index (κ1) is 14.1. The number of nitrogens with two attached hydrogens (primary N) is 2. The molecule has 0 aromatic carbocycles. The summed E-state index contributed by atoms with van der Waals surface area (Å²) in [5, 5.41) is 0. The third-order valence-electron chi connectivity index (χ3n) is 2.99. The first-order valence-electron chi connectivity index (χ1n) is 4.69. The van der Waals surface area contributed by atoms with Crippen LogP contribution in [0.2, 0.25) is 0 Å². The van der Waals surface area contributed by atoms with Gasteiger partial charge in [-0.3, -0.25) is 0 Å². The van der Waals surface area contributed by atoms with Crippen LogP contribution in [-0.2, 0) is 0 Å². The topological polar surface area (TPSA) is 55.3 Å². The smallest absolute Gasteiger partial charge is 0.0467 e. The molecule has 1 aliphatic rings. The van der Waals surface area contributed by atoms with Crippen molar-refractivity contribution in [3.8, 4) is 0 Å². The van der Waals surface area contributed by atoms with Gasteiger partial charge in [-0.05, 0) is 14.0 Å². The molecule has 0 fully saturated rings. The normalized spacial score (nSPS) is 38.3. The van der Waals surface area contributed by atoms with E-state index < -0.39 is 0 Å². The van der Waals surface area contributed by atoms with Crippen molar-refractivity contribution in [3.05, 3.63) is 11.4 Å². The van der Waals surface area contributed by atoms with E-state index in [1.807, 2.05) is 0 Å². The van der Waals surface area contributed by atoms with Crippen LogP contribution in [0, 0.1) is 0 Å². The first-order valence-corrected chi connectivity index (χ1v) is 7.49. The predicted octanol–water partition coefficient (Wildman–Crippen LogP) is 2.48. The summed E-state index contributed by atoms with van der Waals surface area (Å²) in [7, 11) is 2.06. The summed E-state index contributed by atoms with van der Waals surface area (Å²) >= 11 is 9.72. The zero-order chi connectivity index (χ0) is 11.8. The molecule has 0 saturated heterocycles. The molecule has 0 bridgehead atoms. The van der Waals surface area contributed by atoms with Crippen molar-refractivity contribution in [2.24, 2.45) is 11.5 Å². The highest BCUT2D eigenvalue weighted by molar-refractivity contribution is 14.1. The summed E-state index contributed by atoms with van der Waals surface area (Å²) in [6.07, 6.45) is 1.58. The van der Waals surface area contributed by atoms with Crippen LogP contribution in [0.15, 0.2) is 11.4 Å². The lowest BCUT2D eigenvalue weighted by atomic mass is 9.92. The highest BCUT2D eigenvalue weighted by atomic mass is 127. The molecule has 6 heteroatoms. The zero-order valence-electron chi connectivity index (χ0n) is 8.80. The quantitative estimate of drug-likeness (QED) is 0.365. The second-order valence-corrected chi connectivity index (χ2v) is 7.79. The first-order chi connectivity index (χ1) is 6.79. The van der Waals surface area contributed by atoms with Crippen molar-refractivity contribution >= 4 is 54.7 Å². The molecular weight excluding hydrogens is 437 g/mol. The fourth-order valence-electron chi connectivity index (χ4n) is 1.71. The van der Waals surface area contributed by atoms with Gasteiger partial charge in [-0.15, -0.1) is 0 Å². The lowest BCUT2D eigenvalue weighted by molar-refractivity contribution is 0.276. The van der Waals surface area contributed by atoms with Crippen molar-refractivity contribution in [3.63, 3.8) is 0 Å². The lowest BCUT2D eigenvalue weighted by Crippen LogP contribution is -2.49. The van der Waals surface area contributed by atoms with Gasteiger partial charge < -0.3 is 11.5 Å². The summed E-state index contributed by atoms with van der Waals surface area (Å²) in [4.78, 5) is 0.618. The maximum Gasteiger partial charge on any atom is 0.0467 e. The molecule has 0 amide bonds. The Morgan fingerprint density at radius 3 is 2.40 bits per heavy atom.